The van der Waals surface area contributed by atoms with Crippen LogP contribution in [-0.2, 0) is 14.3 Å². The summed E-state index contributed by atoms with van der Waals surface area (Å²) in [5, 5.41) is 11.3. The molecule has 2 unspecified atom stereocenters. The van der Waals surface area contributed by atoms with E-state index in [2.05, 4.69) is 5.32 Å². The molecule has 0 saturated heterocycles. The highest BCUT2D eigenvalue weighted by molar-refractivity contribution is 5.81. The molecule has 0 bridgehead atoms. The number of carbonyl (C=O) groups excluding carboxylic acids is 1. The minimum Gasteiger partial charge on any atom is -0.481 e. The maximum atomic E-state index is 11.5. The zero-order chi connectivity index (χ0) is 12.7. The number of aliphatic carboxylic acids is 1. The van der Waals surface area contributed by atoms with Gasteiger partial charge in [0.05, 0.1) is 12.0 Å². The number of unbranched alkanes of at least 4 members (excludes halogenated alkanes) is 2. The Kier molecular flexibility index (Phi) is 5.97. The minimum absolute atomic E-state index is 0.0361. The molecule has 0 radical (unpaired) electrons. The summed E-state index contributed by atoms with van der Waals surface area (Å²) in [6, 6.07) is 0. The Bertz CT molecular complexity index is 267. The second kappa shape index (κ2) is 7.27. The molecule has 0 heterocycles. The van der Waals surface area contributed by atoms with Gasteiger partial charge in [0.1, 0.15) is 0 Å². The van der Waals surface area contributed by atoms with Crippen molar-refractivity contribution in [3.05, 3.63) is 0 Å². The number of ether oxygens (including phenoxy) is 1. The van der Waals surface area contributed by atoms with Crippen molar-refractivity contribution in [3.8, 4) is 0 Å². The number of amides is 1. The highest BCUT2D eigenvalue weighted by Gasteiger charge is 2.43. The lowest BCUT2D eigenvalue weighted by Crippen LogP contribution is -2.27. The van der Waals surface area contributed by atoms with Crippen LogP contribution in [0, 0.1) is 5.92 Å². The molecule has 98 valence electrons. The number of nitrogens with one attached hydrogen (secondary N) is 1. The van der Waals surface area contributed by atoms with E-state index >= 15 is 0 Å². The normalized spacial score (nSPS) is 22.2. The van der Waals surface area contributed by atoms with Gasteiger partial charge in [-0.15, -0.1) is 0 Å². The van der Waals surface area contributed by atoms with Crippen molar-refractivity contribution in [2.75, 3.05) is 13.2 Å². The average Bonchev–Trinajstić information content (AvgIpc) is 3.02. The van der Waals surface area contributed by atoms with Gasteiger partial charge in [-0.05, 0) is 26.2 Å². The Balaban J connectivity index is 1.93. The van der Waals surface area contributed by atoms with E-state index in [4.69, 9.17) is 9.84 Å². The number of carbonyl (C=O) groups is 2. The Morgan fingerprint density at radius 3 is 2.76 bits per heavy atom. The molecule has 0 spiro atoms. The first-order valence-electron chi connectivity index (χ1n) is 6.26. The third kappa shape index (κ3) is 5.68. The topological polar surface area (TPSA) is 75.6 Å². The molecule has 0 aromatic heterocycles. The Morgan fingerprint density at radius 2 is 2.12 bits per heavy atom. The highest BCUT2D eigenvalue weighted by atomic mass is 16.5. The second-order valence-corrected chi connectivity index (χ2v) is 4.33. The molecule has 2 atom stereocenters. The summed E-state index contributed by atoms with van der Waals surface area (Å²) in [6.07, 6.45) is 3.52. The molecule has 0 aliphatic heterocycles. The summed E-state index contributed by atoms with van der Waals surface area (Å²) in [7, 11) is 0. The molecule has 1 aliphatic rings. The van der Waals surface area contributed by atoms with Crippen LogP contribution in [0.3, 0.4) is 0 Å². The van der Waals surface area contributed by atoms with E-state index in [0.717, 1.165) is 19.3 Å². The summed E-state index contributed by atoms with van der Waals surface area (Å²) >= 11 is 0. The van der Waals surface area contributed by atoms with Gasteiger partial charge in [-0.3, -0.25) is 9.59 Å². The van der Waals surface area contributed by atoms with Crippen LogP contribution >= 0.6 is 0 Å². The number of carboxylic acids is 1. The van der Waals surface area contributed by atoms with Crippen molar-refractivity contribution in [2.45, 2.75) is 45.1 Å². The van der Waals surface area contributed by atoms with E-state index in [0.29, 0.717) is 19.6 Å². The van der Waals surface area contributed by atoms with Crippen molar-refractivity contribution in [1.29, 1.82) is 0 Å². The van der Waals surface area contributed by atoms with Crippen LogP contribution < -0.4 is 5.32 Å². The van der Waals surface area contributed by atoms with E-state index in [1.165, 1.54) is 0 Å². The van der Waals surface area contributed by atoms with Gasteiger partial charge < -0.3 is 15.2 Å². The average molecular weight is 243 g/mol. The lowest BCUT2D eigenvalue weighted by molar-refractivity contribution is -0.137. The summed E-state index contributed by atoms with van der Waals surface area (Å²) in [6.45, 7) is 3.22. The number of hydrogen-bond donors (Lipinski definition) is 2. The van der Waals surface area contributed by atoms with Gasteiger partial charge >= 0.3 is 5.97 Å². The highest BCUT2D eigenvalue weighted by Crippen LogP contribution is 2.33. The predicted octanol–water partition coefficient (Wildman–Crippen LogP) is 1.17. The van der Waals surface area contributed by atoms with Crippen molar-refractivity contribution < 1.29 is 19.4 Å². The quantitative estimate of drug-likeness (QED) is 0.596. The molecular formula is C12H21NO4. The van der Waals surface area contributed by atoms with Crippen LogP contribution in [0.15, 0.2) is 0 Å². The van der Waals surface area contributed by atoms with E-state index in [1.54, 1.807) is 0 Å². The summed E-state index contributed by atoms with van der Waals surface area (Å²) in [5.41, 5.74) is 0. The molecule has 1 amide bonds. The zero-order valence-electron chi connectivity index (χ0n) is 10.3. The first-order valence-corrected chi connectivity index (χ1v) is 6.26. The van der Waals surface area contributed by atoms with Crippen LogP contribution in [-0.4, -0.2) is 36.2 Å². The molecule has 0 aromatic rings. The summed E-state index contributed by atoms with van der Waals surface area (Å²) in [5.74, 6) is -0.651. The minimum atomic E-state index is -0.758. The van der Waals surface area contributed by atoms with Crippen LogP contribution in [0.4, 0.5) is 0 Å². The monoisotopic (exact) mass is 243 g/mol. The third-order valence-corrected chi connectivity index (χ3v) is 2.82. The fraction of sp³-hybridized carbons (Fsp3) is 0.833. The molecular weight excluding hydrogens is 222 g/mol. The Morgan fingerprint density at radius 1 is 1.35 bits per heavy atom. The van der Waals surface area contributed by atoms with Gasteiger partial charge in [-0.1, -0.05) is 6.42 Å². The lowest BCUT2D eigenvalue weighted by Gasteiger charge is -2.04. The largest absolute Gasteiger partial charge is 0.481 e. The standard InChI is InChI=1S/C12H21NO4/c1-2-17-10-8-9(10)12(16)13-7-5-3-4-6-11(14)15/h9-10H,2-8H2,1H3,(H,13,16)(H,14,15). The zero-order valence-corrected chi connectivity index (χ0v) is 10.3. The molecule has 1 saturated carbocycles. The van der Waals surface area contributed by atoms with Crippen LogP contribution in [0.25, 0.3) is 0 Å². The molecule has 5 heteroatoms. The van der Waals surface area contributed by atoms with E-state index < -0.39 is 5.97 Å². The molecule has 1 fully saturated rings. The maximum Gasteiger partial charge on any atom is 0.303 e. The summed E-state index contributed by atoms with van der Waals surface area (Å²) in [4.78, 5) is 21.8. The van der Waals surface area contributed by atoms with Crippen molar-refractivity contribution in [1.82, 2.24) is 5.32 Å². The molecule has 17 heavy (non-hydrogen) atoms. The van der Waals surface area contributed by atoms with Gasteiger partial charge in [0.2, 0.25) is 5.91 Å². The molecule has 1 rings (SSSR count). The lowest BCUT2D eigenvalue weighted by atomic mass is 10.2. The molecule has 0 aromatic carbocycles. The van der Waals surface area contributed by atoms with Gasteiger partial charge in [0, 0.05) is 19.6 Å². The Hall–Kier alpha value is -1.10. The smallest absolute Gasteiger partial charge is 0.303 e. The Labute approximate surface area is 102 Å². The van der Waals surface area contributed by atoms with Crippen LogP contribution in [0.5, 0.6) is 0 Å². The molecule has 2 N–H and O–H groups in total. The van der Waals surface area contributed by atoms with Gasteiger partial charge in [-0.25, -0.2) is 0 Å². The molecule has 1 aliphatic carbocycles. The van der Waals surface area contributed by atoms with Gasteiger partial charge in [0.25, 0.3) is 0 Å². The fourth-order valence-electron chi connectivity index (χ4n) is 1.77. The fourth-order valence-corrected chi connectivity index (χ4v) is 1.77. The van der Waals surface area contributed by atoms with Crippen molar-refractivity contribution >= 4 is 11.9 Å². The predicted molar refractivity (Wildman–Crippen MR) is 62.6 cm³/mol. The van der Waals surface area contributed by atoms with Crippen LogP contribution in [0.2, 0.25) is 0 Å². The van der Waals surface area contributed by atoms with Gasteiger partial charge in [-0.2, -0.15) is 0 Å². The first kappa shape index (κ1) is 14.0. The molecule has 5 nitrogen and oxygen atoms in total. The SMILES string of the molecule is CCOC1CC1C(=O)NCCCCCC(=O)O. The second-order valence-electron chi connectivity index (χ2n) is 4.33. The van der Waals surface area contributed by atoms with Crippen molar-refractivity contribution in [3.63, 3.8) is 0 Å². The number of hydrogen-bond acceptors (Lipinski definition) is 3. The van der Waals surface area contributed by atoms with Gasteiger partial charge in [0.15, 0.2) is 0 Å². The third-order valence-electron chi connectivity index (χ3n) is 2.82. The van der Waals surface area contributed by atoms with E-state index in [-0.39, 0.29) is 24.3 Å². The van der Waals surface area contributed by atoms with Crippen LogP contribution in [0.1, 0.15) is 39.0 Å². The van der Waals surface area contributed by atoms with E-state index in [1.807, 2.05) is 6.92 Å². The first-order chi connectivity index (χ1) is 8.15. The number of rotatable bonds is 9. The summed E-state index contributed by atoms with van der Waals surface area (Å²) < 4.78 is 5.33. The van der Waals surface area contributed by atoms with E-state index in [9.17, 15) is 9.59 Å². The maximum absolute atomic E-state index is 11.5. The number of carboxylic acid groups (broad SMARTS) is 1. The van der Waals surface area contributed by atoms with Crippen molar-refractivity contribution in [2.24, 2.45) is 5.92 Å².